The Bertz CT molecular complexity index is 1640. The van der Waals surface area contributed by atoms with Crippen LogP contribution >= 0.6 is 0 Å². The van der Waals surface area contributed by atoms with Gasteiger partial charge >= 0.3 is 5.97 Å². The number of aliphatic hydroxyl groups is 5. The SMILES string of the molecule is CC/C=C\C/C=C\C/C=C\C/C=C\C/C=C\CCCCCCCCCCCCC(O)C(=O)NC(COC1OC(CO)C(O)C(O)C1OC(=O)CCCCCCCCCCCCCCCCCCC)C(O)/C=C/CCCCCCCCCCCC. The van der Waals surface area contributed by atoms with Crippen molar-refractivity contribution in [2.45, 2.75) is 365 Å². The number of aliphatic hydroxyl groups excluding tert-OH is 5. The fourth-order valence-electron chi connectivity index (χ4n) is 10.9. The van der Waals surface area contributed by atoms with E-state index >= 15 is 0 Å². The Hall–Kier alpha value is -2.90. The number of amides is 1. The molecule has 0 aromatic rings. The topological polar surface area (TPSA) is 175 Å². The first-order chi connectivity index (χ1) is 41.2. The van der Waals surface area contributed by atoms with Crippen LogP contribution in [0.2, 0.25) is 0 Å². The molecule has 488 valence electrons. The highest BCUT2D eigenvalue weighted by Gasteiger charge is 2.47. The van der Waals surface area contributed by atoms with Gasteiger partial charge in [-0.05, 0) is 70.6 Å². The fourth-order valence-corrected chi connectivity index (χ4v) is 10.9. The molecule has 0 saturated carbocycles. The average molecular weight is 1180 g/mol. The lowest BCUT2D eigenvalue weighted by Gasteiger charge is -2.41. The molecule has 1 amide bonds. The molecule has 1 aliphatic rings. The number of carbonyl (C=O) groups excluding carboxylic acids is 2. The van der Waals surface area contributed by atoms with Gasteiger partial charge in [-0.1, -0.05) is 312 Å². The predicted molar refractivity (Wildman–Crippen MR) is 352 cm³/mol. The molecule has 0 bridgehead atoms. The van der Waals surface area contributed by atoms with Crippen molar-refractivity contribution in [2.75, 3.05) is 13.2 Å². The van der Waals surface area contributed by atoms with E-state index in [1.807, 2.05) is 6.08 Å². The third-order valence-corrected chi connectivity index (χ3v) is 16.4. The standard InChI is InChI=1S/C73H131NO10/c1-4-7-10-13-16-19-22-25-27-29-30-31-32-33-34-35-36-37-39-40-42-45-48-51-54-57-60-66(77)72(81)74-64(65(76)59-56-53-50-47-44-24-21-18-15-12-9-6-3)63-82-73-71(70(80)69(79)67(62-75)83-73)84-68(78)61-58-55-52-49-46-43-41-38-28-26-23-20-17-14-11-8-5-2/h7,10,16,19,25,27,30-31,33-34,56,59,64-67,69-71,73,75-77,79-80H,4-6,8-9,11-15,17-18,20-24,26,28-29,32,35-55,57-58,60-63H2,1-3H3,(H,74,81)/b10-7-,19-16-,27-25-,31-30-,34-33-,59-56+. The smallest absolute Gasteiger partial charge is 0.306 e. The minimum Gasteiger partial charge on any atom is -0.454 e. The van der Waals surface area contributed by atoms with Crippen LogP contribution in [-0.2, 0) is 23.8 Å². The number of esters is 1. The van der Waals surface area contributed by atoms with Crippen molar-refractivity contribution >= 4 is 11.9 Å². The van der Waals surface area contributed by atoms with E-state index in [0.717, 1.165) is 96.3 Å². The molecule has 8 atom stereocenters. The van der Waals surface area contributed by atoms with Crippen molar-refractivity contribution < 1.29 is 49.3 Å². The van der Waals surface area contributed by atoms with Crippen LogP contribution in [0, 0.1) is 0 Å². The minimum absolute atomic E-state index is 0.126. The Labute approximate surface area is 515 Å². The van der Waals surface area contributed by atoms with Crippen LogP contribution in [0.25, 0.3) is 0 Å². The Kier molecular flexibility index (Phi) is 56.9. The summed E-state index contributed by atoms with van der Waals surface area (Å²) in [6.45, 7) is 5.71. The zero-order chi connectivity index (χ0) is 61.0. The molecule has 0 aliphatic carbocycles. The van der Waals surface area contributed by atoms with E-state index in [1.165, 1.54) is 173 Å². The van der Waals surface area contributed by atoms with Gasteiger partial charge in [-0.3, -0.25) is 9.59 Å². The first-order valence-corrected chi connectivity index (χ1v) is 35.2. The lowest BCUT2D eigenvalue weighted by molar-refractivity contribution is -0.305. The highest BCUT2D eigenvalue weighted by Crippen LogP contribution is 2.26. The Morgan fingerprint density at radius 3 is 1.29 bits per heavy atom. The van der Waals surface area contributed by atoms with Gasteiger partial charge in [-0.15, -0.1) is 0 Å². The third-order valence-electron chi connectivity index (χ3n) is 16.4. The van der Waals surface area contributed by atoms with E-state index in [2.05, 4.69) is 86.8 Å². The highest BCUT2D eigenvalue weighted by molar-refractivity contribution is 5.80. The normalized spacial score (nSPS) is 18.9. The van der Waals surface area contributed by atoms with Gasteiger partial charge in [0.2, 0.25) is 5.91 Å². The van der Waals surface area contributed by atoms with E-state index < -0.39 is 67.4 Å². The van der Waals surface area contributed by atoms with Crippen LogP contribution in [-0.4, -0.2) is 99.6 Å². The van der Waals surface area contributed by atoms with E-state index in [-0.39, 0.29) is 19.4 Å². The summed E-state index contributed by atoms with van der Waals surface area (Å²) < 4.78 is 17.7. The average Bonchev–Trinajstić information content (AvgIpc) is 3.67. The molecule has 1 saturated heterocycles. The van der Waals surface area contributed by atoms with E-state index in [1.54, 1.807) is 6.08 Å². The molecule has 84 heavy (non-hydrogen) atoms. The summed E-state index contributed by atoms with van der Waals surface area (Å²) in [5.74, 6) is -1.19. The van der Waals surface area contributed by atoms with Gasteiger partial charge in [0, 0.05) is 6.42 Å². The van der Waals surface area contributed by atoms with Gasteiger partial charge < -0.3 is 45.1 Å². The number of rotatable bonds is 60. The van der Waals surface area contributed by atoms with Gasteiger partial charge in [0.1, 0.15) is 24.4 Å². The molecule has 1 aliphatic heterocycles. The Morgan fingerprint density at radius 2 is 0.857 bits per heavy atom. The first kappa shape index (κ1) is 79.1. The summed E-state index contributed by atoms with van der Waals surface area (Å²) in [6.07, 6.45) is 68.0. The van der Waals surface area contributed by atoms with Gasteiger partial charge in [-0.2, -0.15) is 0 Å². The van der Waals surface area contributed by atoms with Gasteiger partial charge in [0.15, 0.2) is 12.4 Å². The number of allylic oxidation sites excluding steroid dienone is 11. The number of unbranched alkanes of at least 4 members (excludes halogenated alkanes) is 36. The summed E-state index contributed by atoms with van der Waals surface area (Å²) >= 11 is 0. The second kappa shape index (κ2) is 60.4. The van der Waals surface area contributed by atoms with Crippen molar-refractivity contribution in [2.24, 2.45) is 0 Å². The quantitative estimate of drug-likeness (QED) is 0.0195. The highest BCUT2D eigenvalue weighted by atomic mass is 16.7. The number of hydrogen-bond acceptors (Lipinski definition) is 10. The molecule has 1 fully saturated rings. The Morgan fingerprint density at radius 1 is 0.476 bits per heavy atom. The van der Waals surface area contributed by atoms with Crippen LogP contribution in [0.3, 0.4) is 0 Å². The molecule has 0 spiro atoms. The summed E-state index contributed by atoms with van der Waals surface area (Å²) in [6, 6.07) is -1.03. The first-order valence-electron chi connectivity index (χ1n) is 35.2. The summed E-state index contributed by atoms with van der Waals surface area (Å²) in [7, 11) is 0. The predicted octanol–water partition coefficient (Wildman–Crippen LogP) is 17.9. The fraction of sp³-hybridized carbons (Fsp3) is 0.808. The van der Waals surface area contributed by atoms with E-state index in [0.29, 0.717) is 12.8 Å². The second-order valence-electron chi connectivity index (χ2n) is 24.2. The third kappa shape index (κ3) is 47.2. The molecule has 11 nitrogen and oxygen atoms in total. The monoisotopic (exact) mass is 1180 g/mol. The van der Waals surface area contributed by atoms with Crippen LogP contribution in [0.4, 0.5) is 0 Å². The van der Waals surface area contributed by atoms with Crippen LogP contribution in [0.1, 0.15) is 316 Å². The van der Waals surface area contributed by atoms with Gasteiger partial charge in [0.25, 0.3) is 0 Å². The molecular formula is C73H131NO10. The molecular weight excluding hydrogens is 1050 g/mol. The number of ether oxygens (including phenoxy) is 3. The van der Waals surface area contributed by atoms with Crippen molar-refractivity contribution in [3.8, 4) is 0 Å². The number of hydrogen-bond donors (Lipinski definition) is 6. The van der Waals surface area contributed by atoms with Crippen LogP contribution < -0.4 is 5.32 Å². The Balaban J connectivity index is 2.57. The molecule has 1 heterocycles. The zero-order valence-electron chi connectivity index (χ0n) is 54.3. The van der Waals surface area contributed by atoms with Crippen molar-refractivity contribution in [3.63, 3.8) is 0 Å². The molecule has 1 rings (SSSR count). The number of nitrogens with one attached hydrogen (secondary N) is 1. The molecule has 0 aromatic carbocycles. The lowest BCUT2D eigenvalue weighted by Crippen LogP contribution is -2.61. The molecule has 6 N–H and O–H groups in total. The number of carbonyl (C=O) groups is 2. The van der Waals surface area contributed by atoms with E-state index in [9.17, 15) is 35.1 Å². The summed E-state index contributed by atoms with van der Waals surface area (Å²) in [4.78, 5) is 26.7. The van der Waals surface area contributed by atoms with Crippen LogP contribution in [0.5, 0.6) is 0 Å². The summed E-state index contributed by atoms with van der Waals surface area (Å²) in [5.41, 5.74) is 0. The lowest BCUT2D eigenvalue weighted by atomic mass is 9.99. The maximum atomic E-state index is 13.5. The molecule has 0 radical (unpaired) electrons. The maximum absolute atomic E-state index is 13.5. The molecule has 11 heteroatoms. The molecule has 0 aromatic heterocycles. The maximum Gasteiger partial charge on any atom is 0.306 e. The van der Waals surface area contributed by atoms with E-state index in [4.69, 9.17) is 14.2 Å². The largest absolute Gasteiger partial charge is 0.454 e. The summed E-state index contributed by atoms with van der Waals surface area (Å²) in [5, 5.41) is 57.2. The van der Waals surface area contributed by atoms with Crippen molar-refractivity contribution in [1.29, 1.82) is 0 Å². The zero-order valence-corrected chi connectivity index (χ0v) is 54.3. The van der Waals surface area contributed by atoms with Crippen LogP contribution in [0.15, 0.2) is 72.9 Å². The van der Waals surface area contributed by atoms with Crippen molar-refractivity contribution in [3.05, 3.63) is 72.9 Å². The molecule has 8 unspecified atom stereocenters. The van der Waals surface area contributed by atoms with Crippen molar-refractivity contribution in [1.82, 2.24) is 5.32 Å². The second-order valence-corrected chi connectivity index (χ2v) is 24.2. The minimum atomic E-state index is -1.61. The van der Waals surface area contributed by atoms with Gasteiger partial charge in [0.05, 0.1) is 25.4 Å². The van der Waals surface area contributed by atoms with Gasteiger partial charge in [-0.25, -0.2) is 0 Å².